The second-order valence-electron chi connectivity index (χ2n) is 8.40. The summed E-state index contributed by atoms with van der Waals surface area (Å²) in [5.41, 5.74) is 3.89. The van der Waals surface area contributed by atoms with Gasteiger partial charge in [0.25, 0.3) is 0 Å². The molecule has 3 aromatic heterocycles. The zero-order valence-corrected chi connectivity index (χ0v) is 17.1. The van der Waals surface area contributed by atoms with Gasteiger partial charge in [0.1, 0.15) is 6.04 Å². The van der Waals surface area contributed by atoms with Gasteiger partial charge >= 0.3 is 0 Å². The predicted molar refractivity (Wildman–Crippen MR) is 109 cm³/mol. The summed E-state index contributed by atoms with van der Waals surface area (Å²) in [5, 5.41) is 6.03. The minimum atomic E-state index is -0.125. The number of aryl methyl sites for hydroxylation is 1. The van der Waals surface area contributed by atoms with Crippen LogP contribution in [0.25, 0.3) is 5.65 Å². The van der Waals surface area contributed by atoms with E-state index < -0.39 is 0 Å². The van der Waals surface area contributed by atoms with E-state index in [1.165, 1.54) is 5.56 Å². The van der Waals surface area contributed by atoms with E-state index in [1.807, 2.05) is 23.8 Å². The number of rotatable bonds is 4. The van der Waals surface area contributed by atoms with Crippen molar-refractivity contribution in [3.8, 4) is 0 Å². The molecule has 0 aromatic carbocycles. The van der Waals surface area contributed by atoms with Crippen molar-refractivity contribution in [1.82, 2.24) is 29.6 Å². The number of nitrogens with zero attached hydrogens (tertiary/aromatic N) is 6. The Kier molecular flexibility index (Phi) is 5.16. The predicted octanol–water partition coefficient (Wildman–Crippen LogP) is 3.08. The normalized spacial score (nSPS) is 24.4. The Labute approximate surface area is 175 Å². The molecule has 2 fully saturated rings. The molecule has 1 amide bonds. The molecule has 30 heavy (non-hydrogen) atoms. The molecule has 2 aliphatic rings. The summed E-state index contributed by atoms with van der Waals surface area (Å²) < 4.78 is 1.82. The molecule has 5 rings (SSSR count). The third-order valence-electron chi connectivity index (χ3n) is 6.26. The van der Waals surface area contributed by atoms with Crippen LogP contribution < -0.4 is 0 Å². The molecule has 156 valence electrons. The first-order valence-electron chi connectivity index (χ1n) is 10.7. The van der Waals surface area contributed by atoms with E-state index >= 15 is 0 Å². The van der Waals surface area contributed by atoms with Crippen LogP contribution in [-0.2, 0) is 16.1 Å². The summed E-state index contributed by atoms with van der Waals surface area (Å²) in [6.45, 7) is 2.52. The number of hydroxylamine groups is 2. The molecule has 4 heterocycles. The monoisotopic (exact) mass is 406 g/mol. The van der Waals surface area contributed by atoms with E-state index in [9.17, 15) is 4.79 Å². The minimum absolute atomic E-state index is 0.0223. The number of amides is 1. The number of fused-ring (bicyclic) bond motifs is 1. The number of hydrogen-bond acceptors (Lipinski definition) is 6. The Morgan fingerprint density at radius 1 is 1.17 bits per heavy atom. The van der Waals surface area contributed by atoms with Gasteiger partial charge in [-0.05, 0) is 56.6 Å². The molecule has 1 atom stereocenters. The maximum atomic E-state index is 13.1. The van der Waals surface area contributed by atoms with E-state index in [0.29, 0.717) is 12.5 Å². The topological polar surface area (TPSA) is 85.5 Å². The molecule has 0 unspecified atom stereocenters. The first-order valence-corrected chi connectivity index (χ1v) is 10.7. The van der Waals surface area contributed by atoms with Gasteiger partial charge in [-0.1, -0.05) is 0 Å². The van der Waals surface area contributed by atoms with Crippen molar-refractivity contribution >= 4 is 11.6 Å². The average molecular weight is 406 g/mol. The van der Waals surface area contributed by atoms with E-state index in [1.54, 1.807) is 23.7 Å². The number of imidazole rings is 1. The minimum Gasteiger partial charge on any atom is -0.272 e. The fourth-order valence-corrected chi connectivity index (χ4v) is 4.71. The summed E-state index contributed by atoms with van der Waals surface area (Å²) in [6, 6.07) is 2.00. The summed E-state index contributed by atoms with van der Waals surface area (Å²) >= 11 is 0. The molecule has 1 aliphatic carbocycles. The number of aromatic nitrogens is 5. The highest BCUT2D eigenvalue weighted by Crippen LogP contribution is 2.36. The zero-order chi connectivity index (χ0) is 20.5. The molecule has 0 radical (unpaired) electrons. The summed E-state index contributed by atoms with van der Waals surface area (Å²) in [4.78, 5) is 31.8. The molecule has 0 spiro atoms. The highest BCUT2D eigenvalue weighted by atomic mass is 16.7. The largest absolute Gasteiger partial charge is 0.272 e. The number of carbonyl (C=O) groups excluding carboxylic acids is 1. The average Bonchev–Trinajstić information content (AvgIpc) is 3.40. The lowest BCUT2D eigenvalue weighted by molar-refractivity contribution is -0.183. The van der Waals surface area contributed by atoms with E-state index in [2.05, 4.69) is 26.1 Å². The van der Waals surface area contributed by atoms with Crippen LogP contribution in [0.1, 0.15) is 55.1 Å². The van der Waals surface area contributed by atoms with Crippen LogP contribution in [0, 0.1) is 18.8 Å². The Bertz CT molecular complexity index is 1030. The van der Waals surface area contributed by atoms with Crippen LogP contribution in [0.2, 0.25) is 0 Å². The van der Waals surface area contributed by atoms with Crippen LogP contribution in [0.4, 0.5) is 0 Å². The third kappa shape index (κ3) is 3.79. The van der Waals surface area contributed by atoms with Gasteiger partial charge in [-0.3, -0.25) is 19.6 Å². The van der Waals surface area contributed by atoms with Crippen molar-refractivity contribution in [1.29, 1.82) is 0 Å². The van der Waals surface area contributed by atoms with Gasteiger partial charge in [0, 0.05) is 24.7 Å². The van der Waals surface area contributed by atoms with Crippen LogP contribution in [0.3, 0.4) is 0 Å². The maximum Gasteiger partial charge on any atom is 0.249 e. The first kappa shape index (κ1) is 19.1. The fourth-order valence-electron chi connectivity index (χ4n) is 4.71. The van der Waals surface area contributed by atoms with Crippen molar-refractivity contribution in [3.05, 3.63) is 54.0 Å². The Morgan fingerprint density at radius 3 is 2.83 bits per heavy atom. The summed E-state index contributed by atoms with van der Waals surface area (Å²) in [6.07, 6.45) is 14.5. The van der Waals surface area contributed by atoms with Crippen LogP contribution in [0.15, 0.2) is 37.1 Å². The molecule has 0 bridgehead atoms. The lowest BCUT2D eigenvalue weighted by Gasteiger charge is -2.31. The number of hydrogen-bond donors (Lipinski definition) is 0. The van der Waals surface area contributed by atoms with Crippen molar-refractivity contribution in [2.45, 2.75) is 51.5 Å². The van der Waals surface area contributed by atoms with Gasteiger partial charge in [-0.25, -0.2) is 14.6 Å². The van der Waals surface area contributed by atoms with Gasteiger partial charge in [0.05, 0.1) is 36.6 Å². The SMILES string of the molecule is Cc1cn2ncc(C[C@H]3CC[C@H](C(=O)N4OCC[C@H]4c4cnccn4)CC3)cc2n1. The highest BCUT2D eigenvalue weighted by Gasteiger charge is 2.37. The van der Waals surface area contributed by atoms with Gasteiger partial charge < -0.3 is 0 Å². The smallest absolute Gasteiger partial charge is 0.249 e. The first-order chi connectivity index (χ1) is 14.7. The molecule has 1 saturated heterocycles. The van der Waals surface area contributed by atoms with Crippen LogP contribution in [0.5, 0.6) is 0 Å². The molecule has 3 aromatic rings. The molecule has 0 N–H and O–H groups in total. The van der Waals surface area contributed by atoms with Crippen molar-refractivity contribution in [3.63, 3.8) is 0 Å². The molecule has 8 nitrogen and oxygen atoms in total. The number of carbonyl (C=O) groups is 1. The summed E-state index contributed by atoms with van der Waals surface area (Å²) in [5.74, 6) is 0.691. The molecule has 1 aliphatic heterocycles. The molecule has 1 saturated carbocycles. The highest BCUT2D eigenvalue weighted by molar-refractivity contribution is 5.78. The zero-order valence-electron chi connectivity index (χ0n) is 17.1. The van der Waals surface area contributed by atoms with E-state index in [-0.39, 0.29) is 17.9 Å². The van der Waals surface area contributed by atoms with Crippen LogP contribution in [-0.4, -0.2) is 42.1 Å². The van der Waals surface area contributed by atoms with Gasteiger partial charge in [-0.2, -0.15) is 5.10 Å². The third-order valence-corrected chi connectivity index (χ3v) is 6.26. The Morgan fingerprint density at radius 2 is 2.03 bits per heavy atom. The fraction of sp³-hybridized carbons (Fsp3) is 0.500. The van der Waals surface area contributed by atoms with Crippen molar-refractivity contribution < 1.29 is 9.63 Å². The summed E-state index contributed by atoms with van der Waals surface area (Å²) in [7, 11) is 0. The van der Waals surface area contributed by atoms with Gasteiger partial charge in [0.15, 0.2) is 5.65 Å². The lowest BCUT2D eigenvalue weighted by atomic mass is 9.79. The maximum absolute atomic E-state index is 13.1. The molecular formula is C22H26N6O2. The van der Waals surface area contributed by atoms with Gasteiger partial charge in [-0.15, -0.1) is 0 Å². The quantitative estimate of drug-likeness (QED) is 0.662. The molecule has 8 heteroatoms. The second-order valence-corrected chi connectivity index (χ2v) is 8.40. The Hall–Kier alpha value is -2.87. The van der Waals surface area contributed by atoms with E-state index in [0.717, 1.165) is 55.6 Å². The van der Waals surface area contributed by atoms with E-state index in [4.69, 9.17) is 4.84 Å². The van der Waals surface area contributed by atoms with Gasteiger partial charge in [0.2, 0.25) is 5.91 Å². The van der Waals surface area contributed by atoms with Crippen molar-refractivity contribution in [2.24, 2.45) is 11.8 Å². The molecular weight excluding hydrogens is 380 g/mol. The Balaban J connectivity index is 1.19. The van der Waals surface area contributed by atoms with Crippen molar-refractivity contribution in [2.75, 3.05) is 6.61 Å². The van der Waals surface area contributed by atoms with Crippen LogP contribution >= 0.6 is 0 Å². The second kappa shape index (κ2) is 8.10. The standard InChI is InChI=1S/C22H26N6O2/c1-15-14-27-21(26-15)11-17(12-25-27)10-16-2-4-18(5-3-16)22(29)28-20(6-9-30-28)19-13-23-7-8-24-19/h7-8,11-14,16,18,20H,2-6,9-10H2,1H3/t16-,18-,20-/m0/s1. The lowest BCUT2D eigenvalue weighted by Crippen LogP contribution is -2.37.